The van der Waals surface area contributed by atoms with Gasteiger partial charge in [0, 0.05) is 16.3 Å². The van der Waals surface area contributed by atoms with Crippen molar-refractivity contribution in [3.8, 4) is 5.75 Å². The highest BCUT2D eigenvalue weighted by molar-refractivity contribution is 9.10. The Kier molecular flexibility index (Phi) is 4.75. The van der Waals surface area contributed by atoms with E-state index >= 15 is 0 Å². The molecule has 1 aliphatic rings. The Hall–Kier alpha value is -0.210. The minimum Gasteiger partial charge on any atom is -0.493 e. The van der Waals surface area contributed by atoms with E-state index in [0.717, 1.165) is 48.9 Å². The van der Waals surface area contributed by atoms with E-state index in [9.17, 15) is 0 Å². The molecule has 2 rings (SSSR count). The summed E-state index contributed by atoms with van der Waals surface area (Å²) in [6.45, 7) is 2.96. The minimum absolute atomic E-state index is 0.316. The molecule has 0 spiro atoms. The molecule has 0 aliphatic carbocycles. The lowest BCUT2D eigenvalue weighted by atomic mass is 10.0. The van der Waals surface area contributed by atoms with Crippen LogP contribution in [0.25, 0.3) is 0 Å². The van der Waals surface area contributed by atoms with E-state index in [1.54, 1.807) is 0 Å². The van der Waals surface area contributed by atoms with Crippen molar-refractivity contribution in [2.45, 2.75) is 44.4 Å². The van der Waals surface area contributed by atoms with Gasteiger partial charge in [0.2, 0.25) is 0 Å². The van der Waals surface area contributed by atoms with Crippen molar-refractivity contribution in [1.29, 1.82) is 0 Å². The normalized spacial score (nSPS) is 15.5. The van der Waals surface area contributed by atoms with Crippen molar-refractivity contribution in [2.75, 3.05) is 6.61 Å². The molecular weight excluding hydrogens is 300 g/mol. The molecule has 0 saturated carbocycles. The smallest absolute Gasteiger partial charge is 0.125 e. The molecule has 0 fully saturated rings. The highest BCUT2D eigenvalue weighted by atomic mass is 79.9. The molecule has 0 aromatic heterocycles. The second kappa shape index (κ2) is 6.10. The molecule has 1 atom stereocenters. The molecule has 0 radical (unpaired) electrons. The van der Waals surface area contributed by atoms with E-state index in [2.05, 4.69) is 35.0 Å². The summed E-state index contributed by atoms with van der Waals surface area (Å²) in [5, 5.41) is 0.316. The monoisotopic (exact) mass is 316 g/mol. The Morgan fingerprint density at radius 2 is 2.29 bits per heavy atom. The van der Waals surface area contributed by atoms with Gasteiger partial charge in [-0.05, 0) is 48.9 Å². The fraction of sp³-hybridized carbons (Fsp3) is 0.571. The van der Waals surface area contributed by atoms with Gasteiger partial charge in [-0.15, -0.1) is 11.6 Å². The molecule has 0 bridgehead atoms. The fourth-order valence-electron chi connectivity index (χ4n) is 2.25. The van der Waals surface area contributed by atoms with Crippen LogP contribution in [0.3, 0.4) is 0 Å². The van der Waals surface area contributed by atoms with Crippen LogP contribution in [0.5, 0.6) is 5.75 Å². The lowest BCUT2D eigenvalue weighted by molar-refractivity contribution is 0.353. The molecule has 17 heavy (non-hydrogen) atoms. The number of hydrogen-bond donors (Lipinski definition) is 0. The zero-order valence-electron chi connectivity index (χ0n) is 10.1. The summed E-state index contributed by atoms with van der Waals surface area (Å²) in [5.41, 5.74) is 2.67. The Morgan fingerprint density at radius 3 is 3.06 bits per heavy atom. The molecule has 1 aromatic carbocycles. The summed E-state index contributed by atoms with van der Waals surface area (Å²) in [5.74, 6) is 1.12. The van der Waals surface area contributed by atoms with E-state index in [4.69, 9.17) is 16.3 Å². The van der Waals surface area contributed by atoms with E-state index in [0.29, 0.717) is 5.38 Å². The van der Waals surface area contributed by atoms with Gasteiger partial charge in [-0.1, -0.05) is 22.9 Å². The SMILES string of the molecule is CCC(Cl)CCCc1cc(Br)cc2c1OCC2. The molecule has 3 heteroatoms. The first-order valence-corrected chi connectivity index (χ1v) is 7.51. The average molecular weight is 318 g/mol. The van der Waals surface area contributed by atoms with Crippen LogP contribution in [-0.2, 0) is 12.8 Å². The topological polar surface area (TPSA) is 9.23 Å². The third-order valence-corrected chi connectivity index (χ3v) is 4.22. The van der Waals surface area contributed by atoms with Crippen LogP contribution < -0.4 is 4.74 Å². The third kappa shape index (κ3) is 3.38. The average Bonchev–Trinajstić information content (AvgIpc) is 2.76. The van der Waals surface area contributed by atoms with E-state index in [1.807, 2.05) is 0 Å². The van der Waals surface area contributed by atoms with Crippen LogP contribution in [0.1, 0.15) is 37.3 Å². The maximum absolute atomic E-state index is 6.14. The highest BCUT2D eigenvalue weighted by Crippen LogP contribution is 2.34. The van der Waals surface area contributed by atoms with Crippen LogP contribution in [0, 0.1) is 0 Å². The van der Waals surface area contributed by atoms with Crippen molar-refractivity contribution in [3.05, 3.63) is 27.7 Å². The molecule has 94 valence electrons. The standard InChI is InChI=1S/C14H18BrClO/c1-2-13(16)5-3-4-10-8-12(15)9-11-6-7-17-14(10)11/h8-9,13H,2-7H2,1H3. The van der Waals surface area contributed by atoms with Crippen molar-refractivity contribution < 1.29 is 4.74 Å². The molecule has 0 amide bonds. The second-order valence-corrected chi connectivity index (χ2v) is 6.08. The summed E-state index contributed by atoms with van der Waals surface area (Å²) in [6.07, 6.45) is 5.36. The summed E-state index contributed by atoms with van der Waals surface area (Å²) in [6, 6.07) is 4.35. The zero-order chi connectivity index (χ0) is 12.3. The summed E-state index contributed by atoms with van der Waals surface area (Å²) < 4.78 is 6.88. The molecule has 1 aromatic rings. The maximum atomic E-state index is 6.14. The number of fused-ring (bicyclic) bond motifs is 1. The lowest BCUT2D eigenvalue weighted by Crippen LogP contribution is -1.98. The third-order valence-electron chi connectivity index (χ3n) is 3.23. The maximum Gasteiger partial charge on any atom is 0.125 e. The van der Waals surface area contributed by atoms with Gasteiger partial charge in [0.25, 0.3) is 0 Å². The van der Waals surface area contributed by atoms with Crippen LogP contribution in [0.4, 0.5) is 0 Å². The molecule has 0 saturated heterocycles. The minimum atomic E-state index is 0.316. The Bertz CT molecular complexity index is 392. The predicted octanol–water partition coefficient (Wildman–Crippen LogP) is 4.72. The second-order valence-electron chi connectivity index (χ2n) is 4.55. The zero-order valence-corrected chi connectivity index (χ0v) is 12.5. The van der Waals surface area contributed by atoms with Crippen LogP contribution in [-0.4, -0.2) is 12.0 Å². The van der Waals surface area contributed by atoms with Crippen LogP contribution in [0.15, 0.2) is 16.6 Å². The van der Waals surface area contributed by atoms with Gasteiger partial charge < -0.3 is 4.74 Å². The van der Waals surface area contributed by atoms with Crippen molar-refractivity contribution >= 4 is 27.5 Å². The van der Waals surface area contributed by atoms with E-state index in [-0.39, 0.29) is 0 Å². The number of alkyl halides is 1. The van der Waals surface area contributed by atoms with Crippen molar-refractivity contribution in [3.63, 3.8) is 0 Å². The van der Waals surface area contributed by atoms with Gasteiger partial charge in [-0.25, -0.2) is 0 Å². The van der Waals surface area contributed by atoms with Gasteiger partial charge in [0.05, 0.1) is 6.61 Å². The molecule has 1 unspecified atom stereocenters. The lowest BCUT2D eigenvalue weighted by Gasteiger charge is -2.10. The quantitative estimate of drug-likeness (QED) is 0.714. The summed E-state index contributed by atoms with van der Waals surface area (Å²) in [7, 11) is 0. The molecule has 1 aliphatic heterocycles. The number of aryl methyl sites for hydroxylation is 1. The fourth-order valence-corrected chi connectivity index (χ4v) is 2.96. The molecule has 0 N–H and O–H groups in total. The van der Waals surface area contributed by atoms with Crippen LogP contribution in [0.2, 0.25) is 0 Å². The van der Waals surface area contributed by atoms with Gasteiger partial charge in [0.1, 0.15) is 5.75 Å². The molecule has 1 nitrogen and oxygen atoms in total. The van der Waals surface area contributed by atoms with Crippen LogP contribution >= 0.6 is 27.5 Å². The first-order chi connectivity index (χ1) is 8.20. The summed E-state index contributed by atoms with van der Waals surface area (Å²) >= 11 is 9.71. The number of hydrogen-bond acceptors (Lipinski definition) is 1. The Labute approximate surface area is 117 Å². The van der Waals surface area contributed by atoms with Gasteiger partial charge in [0.15, 0.2) is 0 Å². The predicted molar refractivity (Wildman–Crippen MR) is 76.2 cm³/mol. The largest absolute Gasteiger partial charge is 0.493 e. The number of ether oxygens (including phenoxy) is 1. The van der Waals surface area contributed by atoms with Gasteiger partial charge in [-0.3, -0.25) is 0 Å². The van der Waals surface area contributed by atoms with Gasteiger partial charge in [-0.2, -0.15) is 0 Å². The Morgan fingerprint density at radius 1 is 1.47 bits per heavy atom. The van der Waals surface area contributed by atoms with Crippen molar-refractivity contribution in [2.24, 2.45) is 0 Å². The van der Waals surface area contributed by atoms with E-state index in [1.165, 1.54) is 11.1 Å². The molecular formula is C14H18BrClO. The number of halogens is 2. The first kappa shape index (κ1) is 13.2. The van der Waals surface area contributed by atoms with E-state index < -0.39 is 0 Å². The molecule has 1 heterocycles. The first-order valence-electron chi connectivity index (χ1n) is 6.29. The number of benzene rings is 1. The van der Waals surface area contributed by atoms with Gasteiger partial charge >= 0.3 is 0 Å². The van der Waals surface area contributed by atoms with Crippen molar-refractivity contribution in [1.82, 2.24) is 0 Å². The number of rotatable bonds is 5. The Balaban J connectivity index is 2.01. The summed E-state index contributed by atoms with van der Waals surface area (Å²) in [4.78, 5) is 0. The highest BCUT2D eigenvalue weighted by Gasteiger charge is 2.17.